The fourth-order valence-electron chi connectivity index (χ4n) is 5.92. The number of para-hydroxylation sites is 1. The summed E-state index contributed by atoms with van der Waals surface area (Å²) in [6.07, 6.45) is 8.53. The zero-order valence-electron chi connectivity index (χ0n) is 13.6. The third kappa shape index (κ3) is 2.76. The van der Waals surface area contributed by atoms with E-state index in [1.165, 1.54) is 38.5 Å². The van der Waals surface area contributed by atoms with Gasteiger partial charge < -0.3 is 0 Å². The molecule has 4 aliphatic carbocycles. The summed E-state index contributed by atoms with van der Waals surface area (Å²) < 4.78 is 0. The van der Waals surface area contributed by atoms with Gasteiger partial charge in [0, 0.05) is 12.1 Å². The first-order valence-corrected chi connectivity index (χ1v) is 8.90. The van der Waals surface area contributed by atoms with E-state index in [9.17, 15) is 4.79 Å². The minimum absolute atomic E-state index is 0.139. The molecule has 0 heterocycles. The van der Waals surface area contributed by atoms with Crippen LogP contribution in [0.1, 0.15) is 44.9 Å². The van der Waals surface area contributed by atoms with E-state index in [4.69, 9.17) is 5.26 Å². The van der Waals surface area contributed by atoms with Crippen LogP contribution in [0.4, 0.5) is 5.69 Å². The number of hydrogen-bond acceptors (Lipinski definition) is 2. The summed E-state index contributed by atoms with van der Waals surface area (Å²) in [4.78, 5) is 14.7. The topological polar surface area (TPSA) is 44.1 Å². The largest absolute Gasteiger partial charge is 0.299 e. The quantitative estimate of drug-likeness (QED) is 0.784. The van der Waals surface area contributed by atoms with E-state index in [0.717, 1.165) is 23.4 Å². The molecule has 1 amide bonds. The van der Waals surface area contributed by atoms with E-state index in [-0.39, 0.29) is 17.9 Å². The fourth-order valence-corrected chi connectivity index (χ4v) is 5.92. The van der Waals surface area contributed by atoms with Gasteiger partial charge in [-0.3, -0.25) is 9.69 Å². The minimum Gasteiger partial charge on any atom is -0.299 e. The molecule has 0 saturated heterocycles. The summed E-state index contributed by atoms with van der Waals surface area (Å²) >= 11 is 0. The molecule has 3 nitrogen and oxygen atoms in total. The average Bonchev–Trinajstić information content (AvgIpc) is 2.51. The predicted molar refractivity (Wildman–Crippen MR) is 89.6 cm³/mol. The van der Waals surface area contributed by atoms with Gasteiger partial charge in [-0.2, -0.15) is 5.26 Å². The zero-order chi connectivity index (χ0) is 15.9. The molecule has 0 unspecified atom stereocenters. The van der Waals surface area contributed by atoms with Gasteiger partial charge in [0.05, 0.1) is 6.07 Å². The molecule has 0 spiro atoms. The Kier molecular flexibility index (Phi) is 3.64. The number of nitriles is 1. The molecule has 4 saturated carbocycles. The van der Waals surface area contributed by atoms with Gasteiger partial charge in [0.15, 0.2) is 0 Å². The van der Waals surface area contributed by atoms with E-state index in [2.05, 4.69) is 6.07 Å². The van der Waals surface area contributed by atoms with Crippen molar-refractivity contribution >= 4 is 11.6 Å². The molecular formula is C20H24N2O. The number of anilines is 1. The van der Waals surface area contributed by atoms with Crippen LogP contribution in [0, 0.1) is 34.5 Å². The Morgan fingerprint density at radius 1 is 1.09 bits per heavy atom. The molecule has 0 aromatic heterocycles. The Bertz CT molecular complexity index is 596. The maximum atomic E-state index is 13.0. The summed E-state index contributed by atoms with van der Waals surface area (Å²) in [5, 5.41) is 9.13. The average molecular weight is 308 g/mol. The van der Waals surface area contributed by atoms with Crippen LogP contribution in [-0.4, -0.2) is 12.5 Å². The first-order chi connectivity index (χ1) is 11.2. The molecule has 0 radical (unpaired) electrons. The molecule has 0 N–H and O–H groups in total. The Labute approximate surface area is 138 Å². The Hall–Kier alpha value is -1.82. The number of benzene rings is 1. The summed E-state index contributed by atoms with van der Waals surface area (Å²) in [5.74, 6) is 2.71. The van der Waals surface area contributed by atoms with Crippen molar-refractivity contribution < 1.29 is 4.79 Å². The molecule has 1 aromatic carbocycles. The Morgan fingerprint density at radius 3 is 2.17 bits per heavy atom. The monoisotopic (exact) mass is 308 g/mol. The summed E-state index contributed by atoms with van der Waals surface area (Å²) in [7, 11) is 0. The van der Waals surface area contributed by atoms with Crippen LogP contribution in [0.15, 0.2) is 30.3 Å². The predicted octanol–water partition coefficient (Wildman–Crippen LogP) is 4.15. The molecule has 4 bridgehead atoms. The van der Waals surface area contributed by atoms with Gasteiger partial charge >= 0.3 is 0 Å². The number of amides is 1. The van der Waals surface area contributed by atoms with Crippen molar-refractivity contribution in [3.8, 4) is 6.07 Å². The molecule has 1 aromatic rings. The van der Waals surface area contributed by atoms with Crippen molar-refractivity contribution in [2.24, 2.45) is 23.2 Å². The van der Waals surface area contributed by atoms with Gasteiger partial charge in [-0.25, -0.2) is 0 Å². The van der Waals surface area contributed by atoms with Crippen LogP contribution in [0.5, 0.6) is 0 Å². The maximum Gasteiger partial charge on any atom is 0.228 e. The van der Waals surface area contributed by atoms with Crippen molar-refractivity contribution in [3.05, 3.63) is 30.3 Å². The van der Waals surface area contributed by atoms with Crippen LogP contribution in [-0.2, 0) is 4.79 Å². The lowest BCUT2D eigenvalue weighted by Gasteiger charge is -2.56. The lowest BCUT2D eigenvalue weighted by Crippen LogP contribution is -2.48. The smallest absolute Gasteiger partial charge is 0.228 e. The number of carbonyl (C=O) groups excluding carboxylic acids is 1. The van der Waals surface area contributed by atoms with Gasteiger partial charge in [0.2, 0.25) is 5.91 Å². The van der Waals surface area contributed by atoms with E-state index in [0.29, 0.717) is 6.42 Å². The van der Waals surface area contributed by atoms with Gasteiger partial charge in [0.1, 0.15) is 6.54 Å². The normalized spacial score (nSPS) is 34.1. The number of carbonyl (C=O) groups is 1. The van der Waals surface area contributed by atoms with Crippen LogP contribution in [0.3, 0.4) is 0 Å². The van der Waals surface area contributed by atoms with Crippen LogP contribution in [0.25, 0.3) is 0 Å². The van der Waals surface area contributed by atoms with Crippen molar-refractivity contribution in [2.75, 3.05) is 11.4 Å². The molecule has 5 rings (SSSR count). The lowest BCUT2D eigenvalue weighted by atomic mass is 9.49. The number of hydrogen-bond donors (Lipinski definition) is 0. The molecule has 120 valence electrons. The minimum atomic E-state index is 0.139. The third-order valence-corrected chi connectivity index (χ3v) is 6.29. The van der Waals surface area contributed by atoms with Crippen LogP contribution in [0.2, 0.25) is 0 Å². The van der Waals surface area contributed by atoms with Gasteiger partial charge in [-0.15, -0.1) is 0 Å². The second-order valence-electron chi connectivity index (χ2n) is 8.07. The van der Waals surface area contributed by atoms with Crippen molar-refractivity contribution in [1.29, 1.82) is 5.26 Å². The zero-order valence-corrected chi connectivity index (χ0v) is 13.6. The fraction of sp³-hybridized carbons (Fsp3) is 0.600. The molecule has 0 atom stereocenters. The highest BCUT2D eigenvalue weighted by Gasteiger charge is 2.51. The standard InChI is InChI=1S/C20H24N2O/c21-6-7-22(18-4-2-1-3-5-18)19(23)14-20-11-15-8-16(12-20)10-17(9-15)13-20/h1-5,15-17H,7-14H2. The summed E-state index contributed by atoms with van der Waals surface area (Å²) in [5.41, 5.74) is 1.08. The molecule has 3 heteroatoms. The van der Waals surface area contributed by atoms with Gasteiger partial charge in [0.25, 0.3) is 0 Å². The summed E-state index contributed by atoms with van der Waals surface area (Å²) in [6.45, 7) is 0.148. The van der Waals surface area contributed by atoms with Gasteiger partial charge in [-0.1, -0.05) is 18.2 Å². The molecule has 23 heavy (non-hydrogen) atoms. The lowest BCUT2D eigenvalue weighted by molar-refractivity contribution is -0.126. The first kappa shape index (κ1) is 14.8. The van der Waals surface area contributed by atoms with E-state index >= 15 is 0 Å². The maximum absolute atomic E-state index is 13.0. The van der Waals surface area contributed by atoms with Crippen molar-refractivity contribution in [3.63, 3.8) is 0 Å². The highest BCUT2D eigenvalue weighted by molar-refractivity contribution is 5.94. The van der Waals surface area contributed by atoms with E-state index in [1.54, 1.807) is 4.90 Å². The Balaban J connectivity index is 1.53. The highest BCUT2D eigenvalue weighted by atomic mass is 16.2. The highest BCUT2D eigenvalue weighted by Crippen LogP contribution is 2.61. The van der Waals surface area contributed by atoms with E-state index < -0.39 is 0 Å². The SMILES string of the molecule is N#CCN(C(=O)CC12CC3CC(CC(C3)C1)C2)c1ccccc1. The first-order valence-electron chi connectivity index (χ1n) is 8.90. The third-order valence-electron chi connectivity index (χ3n) is 6.29. The number of rotatable bonds is 4. The van der Waals surface area contributed by atoms with Crippen molar-refractivity contribution in [2.45, 2.75) is 44.9 Å². The van der Waals surface area contributed by atoms with Crippen molar-refractivity contribution in [1.82, 2.24) is 0 Å². The van der Waals surface area contributed by atoms with Crippen LogP contribution >= 0.6 is 0 Å². The van der Waals surface area contributed by atoms with Crippen LogP contribution < -0.4 is 4.90 Å². The second-order valence-corrected chi connectivity index (χ2v) is 8.07. The molecule has 4 fully saturated rings. The molecule has 0 aliphatic heterocycles. The molecular weight excluding hydrogens is 284 g/mol. The Morgan fingerprint density at radius 2 is 1.65 bits per heavy atom. The van der Waals surface area contributed by atoms with Gasteiger partial charge in [-0.05, 0) is 73.8 Å². The summed E-state index contributed by atoms with van der Waals surface area (Å²) in [6, 6.07) is 11.8. The second kappa shape index (κ2) is 5.67. The van der Waals surface area contributed by atoms with E-state index in [1.807, 2.05) is 30.3 Å². The molecule has 4 aliphatic rings. The number of nitrogens with zero attached hydrogens (tertiary/aromatic N) is 2.